The molecule has 0 aliphatic rings. The van der Waals surface area contributed by atoms with Crippen molar-refractivity contribution in [1.29, 1.82) is 0 Å². The molecule has 1 atom stereocenters. The number of ether oxygens (including phenoxy) is 1. The Labute approximate surface area is 201 Å². The first-order valence-corrected chi connectivity index (χ1v) is 11.8. The zero-order valence-corrected chi connectivity index (χ0v) is 20.5. The smallest absolute Gasteiger partial charge is 0.408 e. The lowest BCUT2D eigenvalue weighted by Crippen LogP contribution is -2.49. The van der Waals surface area contributed by atoms with Crippen molar-refractivity contribution in [3.8, 4) is 0 Å². The van der Waals surface area contributed by atoms with Crippen molar-refractivity contribution in [2.24, 2.45) is 0 Å². The van der Waals surface area contributed by atoms with Gasteiger partial charge in [-0.3, -0.25) is 9.63 Å². The number of hydroxylamine groups is 1. The minimum absolute atomic E-state index is 0.224. The fourth-order valence-corrected chi connectivity index (χ4v) is 3.71. The molecule has 0 radical (unpaired) electrons. The molecule has 0 unspecified atom stereocenters. The van der Waals surface area contributed by atoms with Crippen LogP contribution in [-0.4, -0.2) is 28.2 Å². The van der Waals surface area contributed by atoms with E-state index in [0.717, 1.165) is 41.4 Å². The summed E-state index contributed by atoms with van der Waals surface area (Å²) in [7, 11) is 0. The fourth-order valence-electron chi connectivity index (χ4n) is 3.71. The van der Waals surface area contributed by atoms with Crippen LogP contribution >= 0.6 is 0 Å². The van der Waals surface area contributed by atoms with Crippen LogP contribution in [0.15, 0.2) is 60.8 Å². The summed E-state index contributed by atoms with van der Waals surface area (Å²) in [5, 5.41) is 3.79. The Morgan fingerprint density at radius 2 is 1.74 bits per heavy atom. The highest BCUT2D eigenvalue weighted by Crippen LogP contribution is 2.23. The molecule has 2 N–H and O–H groups in total. The van der Waals surface area contributed by atoms with Gasteiger partial charge in [-0.15, -0.1) is 0 Å². The van der Waals surface area contributed by atoms with Gasteiger partial charge in [-0.25, -0.2) is 10.3 Å². The monoisotopic (exact) mass is 465 g/mol. The molecular formula is C27H35N3O4. The minimum Gasteiger partial charge on any atom is -0.444 e. The predicted molar refractivity (Wildman–Crippen MR) is 133 cm³/mol. The Bertz CT molecular complexity index is 1090. The molecular weight excluding hydrogens is 430 g/mol. The second-order valence-electron chi connectivity index (χ2n) is 9.36. The summed E-state index contributed by atoms with van der Waals surface area (Å²) in [6.45, 7) is 8.63. The predicted octanol–water partition coefficient (Wildman–Crippen LogP) is 5.13. The molecule has 7 heteroatoms. The molecule has 1 aromatic heterocycles. The molecule has 3 rings (SSSR count). The van der Waals surface area contributed by atoms with Crippen LogP contribution in [0.25, 0.3) is 10.9 Å². The Hall–Kier alpha value is -3.32. The number of aryl methyl sites for hydroxylation is 1. The normalized spacial score (nSPS) is 12.4. The number of hydrogen-bond acceptors (Lipinski definition) is 4. The Kier molecular flexibility index (Phi) is 8.71. The summed E-state index contributed by atoms with van der Waals surface area (Å²) in [5.41, 5.74) is 4.84. The number of benzene rings is 2. The number of amides is 2. The van der Waals surface area contributed by atoms with Gasteiger partial charge in [0.2, 0.25) is 0 Å². The number of fused-ring (bicyclic) bond motifs is 1. The molecule has 2 amide bonds. The zero-order chi connectivity index (χ0) is 24.6. The van der Waals surface area contributed by atoms with Gasteiger partial charge in [0, 0.05) is 30.1 Å². The quantitative estimate of drug-likeness (QED) is 0.407. The van der Waals surface area contributed by atoms with E-state index in [1.165, 1.54) is 0 Å². The molecule has 1 heterocycles. The van der Waals surface area contributed by atoms with Crippen LogP contribution in [0.1, 0.15) is 51.7 Å². The number of rotatable bonds is 10. The third-order valence-corrected chi connectivity index (χ3v) is 5.31. The Morgan fingerprint density at radius 3 is 2.44 bits per heavy atom. The molecule has 0 spiro atoms. The molecule has 0 aliphatic heterocycles. The summed E-state index contributed by atoms with van der Waals surface area (Å²) < 4.78 is 7.61. The lowest BCUT2D eigenvalue weighted by Gasteiger charge is -2.23. The second kappa shape index (κ2) is 11.7. The van der Waals surface area contributed by atoms with Crippen molar-refractivity contribution in [1.82, 2.24) is 15.4 Å². The van der Waals surface area contributed by atoms with Crippen LogP contribution in [0.3, 0.4) is 0 Å². The fraction of sp³-hybridized carbons (Fsp3) is 0.407. The lowest BCUT2D eigenvalue weighted by atomic mass is 10.0. The molecule has 0 bridgehead atoms. The lowest BCUT2D eigenvalue weighted by molar-refractivity contribution is -0.136. The third-order valence-electron chi connectivity index (χ3n) is 5.31. The van der Waals surface area contributed by atoms with Gasteiger partial charge in [0.25, 0.3) is 5.91 Å². The summed E-state index contributed by atoms with van der Waals surface area (Å²) in [6, 6.07) is 16.8. The van der Waals surface area contributed by atoms with Crippen LogP contribution in [0, 0.1) is 0 Å². The van der Waals surface area contributed by atoms with Crippen LogP contribution in [0.5, 0.6) is 0 Å². The number of carbonyl (C=O) groups excluding carboxylic acids is 2. The number of hydrogen-bond donors (Lipinski definition) is 2. The van der Waals surface area contributed by atoms with Gasteiger partial charge in [0.1, 0.15) is 11.6 Å². The van der Waals surface area contributed by atoms with E-state index in [1.807, 2.05) is 48.5 Å². The molecule has 0 saturated carbocycles. The summed E-state index contributed by atoms with van der Waals surface area (Å²) in [5.74, 6) is -0.438. The number of alkyl carbamates (subject to hydrolysis) is 1. The van der Waals surface area contributed by atoms with Gasteiger partial charge in [-0.05, 0) is 44.4 Å². The van der Waals surface area contributed by atoms with Gasteiger partial charge in [-0.1, -0.05) is 61.9 Å². The number of carbonyl (C=O) groups is 2. The number of unbranched alkanes of at least 4 members (excludes halogenated alkanes) is 1. The highest BCUT2D eigenvalue weighted by Gasteiger charge is 2.26. The maximum Gasteiger partial charge on any atom is 0.408 e. The van der Waals surface area contributed by atoms with Crippen molar-refractivity contribution in [3.63, 3.8) is 0 Å². The SMILES string of the molecule is CCCCn1cc(C[C@H](NC(=O)OC(C)(C)C)C(=O)NOCc2ccccc2)c2ccccc21. The number of aromatic nitrogens is 1. The topological polar surface area (TPSA) is 81.6 Å². The van der Waals surface area contributed by atoms with E-state index in [1.54, 1.807) is 20.8 Å². The number of para-hydroxylation sites is 1. The van der Waals surface area contributed by atoms with Crippen LogP contribution in [0.2, 0.25) is 0 Å². The molecule has 3 aromatic rings. The minimum atomic E-state index is -0.865. The number of nitrogens with zero attached hydrogens (tertiary/aromatic N) is 1. The summed E-state index contributed by atoms with van der Waals surface area (Å²) in [4.78, 5) is 31.0. The highest BCUT2D eigenvalue weighted by atomic mass is 16.7. The first kappa shape index (κ1) is 25.3. The Balaban J connectivity index is 1.77. The average Bonchev–Trinajstić information content (AvgIpc) is 3.14. The van der Waals surface area contributed by atoms with E-state index >= 15 is 0 Å². The molecule has 7 nitrogen and oxygen atoms in total. The largest absolute Gasteiger partial charge is 0.444 e. The highest BCUT2D eigenvalue weighted by molar-refractivity contribution is 5.88. The van der Waals surface area contributed by atoms with Gasteiger partial charge in [-0.2, -0.15) is 0 Å². The summed E-state index contributed by atoms with van der Waals surface area (Å²) >= 11 is 0. The van der Waals surface area contributed by atoms with Gasteiger partial charge >= 0.3 is 6.09 Å². The van der Waals surface area contributed by atoms with Gasteiger partial charge in [0.05, 0.1) is 6.61 Å². The second-order valence-corrected chi connectivity index (χ2v) is 9.36. The first-order valence-electron chi connectivity index (χ1n) is 11.8. The molecule has 0 fully saturated rings. The van der Waals surface area contributed by atoms with Gasteiger partial charge < -0.3 is 14.6 Å². The van der Waals surface area contributed by atoms with Crippen molar-refractivity contribution in [2.75, 3.05) is 0 Å². The van der Waals surface area contributed by atoms with E-state index in [0.29, 0.717) is 6.42 Å². The first-order chi connectivity index (χ1) is 16.3. The van der Waals surface area contributed by atoms with Crippen molar-refractivity contribution in [3.05, 3.63) is 71.9 Å². The van der Waals surface area contributed by atoms with Crippen molar-refractivity contribution < 1.29 is 19.2 Å². The maximum atomic E-state index is 13.0. The summed E-state index contributed by atoms with van der Waals surface area (Å²) in [6.07, 6.45) is 3.88. The van der Waals surface area contributed by atoms with Crippen LogP contribution in [0.4, 0.5) is 4.79 Å². The molecule has 2 aromatic carbocycles. The van der Waals surface area contributed by atoms with Crippen molar-refractivity contribution >= 4 is 22.9 Å². The van der Waals surface area contributed by atoms with E-state index in [9.17, 15) is 9.59 Å². The van der Waals surface area contributed by atoms with Gasteiger partial charge in [0.15, 0.2) is 0 Å². The molecule has 34 heavy (non-hydrogen) atoms. The van der Waals surface area contributed by atoms with E-state index in [-0.39, 0.29) is 6.61 Å². The Morgan fingerprint density at radius 1 is 1.03 bits per heavy atom. The number of nitrogens with one attached hydrogen (secondary N) is 2. The molecule has 182 valence electrons. The van der Waals surface area contributed by atoms with E-state index < -0.39 is 23.6 Å². The van der Waals surface area contributed by atoms with E-state index in [4.69, 9.17) is 9.57 Å². The van der Waals surface area contributed by atoms with Crippen LogP contribution < -0.4 is 10.8 Å². The standard InChI is InChI=1S/C27H35N3O4/c1-5-6-16-30-18-21(22-14-10-11-15-24(22)30)17-23(28-26(32)34-27(2,3)4)25(31)29-33-19-20-12-8-7-9-13-20/h7-15,18,23H,5-6,16-17,19H2,1-4H3,(H,28,32)(H,29,31)/t23-/m0/s1. The maximum absolute atomic E-state index is 13.0. The third kappa shape index (κ3) is 7.35. The zero-order valence-electron chi connectivity index (χ0n) is 20.5. The van der Waals surface area contributed by atoms with Crippen LogP contribution in [-0.2, 0) is 33.9 Å². The van der Waals surface area contributed by atoms with Crippen molar-refractivity contribution in [2.45, 2.75) is 71.8 Å². The molecule has 0 saturated heterocycles. The molecule has 0 aliphatic carbocycles. The average molecular weight is 466 g/mol. The van der Waals surface area contributed by atoms with E-state index in [2.05, 4.69) is 34.6 Å².